The summed E-state index contributed by atoms with van der Waals surface area (Å²) < 4.78 is 5.59. The molecule has 19 heavy (non-hydrogen) atoms. The standard InChI is InChI=1S/C15H22O4/c1-8-3-4-11-12(8)13-10(9(2)14(17)19-13)5-6-15(11,18)7-16/h9-13,16,18H,1,3-7H2,2H3/t9-,10+,11-,12+,13+,15+/m1/s1. The second-order valence-electron chi connectivity index (χ2n) is 6.48. The molecule has 3 fully saturated rings. The Morgan fingerprint density at radius 3 is 2.89 bits per heavy atom. The average molecular weight is 266 g/mol. The zero-order valence-corrected chi connectivity index (χ0v) is 11.3. The second-order valence-corrected chi connectivity index (χ2v) is 6.48. The number of hydrogen-bond acceptors (Lipinski definition) is 4. The predicted molar refractivity (Wildman–Crippen MR) is 69.2 cm³/mol. The Morgan fingerprint density at radius 2 is 2.21 bits per heavy atom. The van der Waals surface area contributed by atoms with Crippen molar-refractivity contribution in [2.45, 2.75) is 44.3 Å². The van der Waals surface area contributed by atoms with E-state index in [0.29, 0.717) is 6.42 Å². The van der Waals surface area contributed by atoms with Gasteiger partial charge in [-0.2, -0.15) is 0 Å². The fraction of sp³-hybridized carbons (Fsp3) is 0.800. The van der Waals surface area contributed by atoms with Crippen molar-refractivity contribution in [1.29, 1.82) is 0 Å². The lowest BCUT2D eigenvalue weighted by atomic mass is 9.77. The summed E-state index contributed by atoms with van der Waals surface area (Å²) in [5.41, 5.74) is 0.0243. The fourth-order valence-corrected chi connectivity index (χ4v) is 4.38. The monoisotopic (exact) mass is 266 g/mol. The van der Waals surface area contributed by atoms with Crippen LogP contribution in [0.5, 0.6) is 0 Å². The molecule has 0 aromatic heterocycles. The molecule has 106 valence electrons. The van der Waals surface area contributed by atoms with Crippen molar-refractivity contribution in [3.63, 3.8) is 0 Å². The molecule has 0 amide bonds. The van der Waals surface area contributed by atoms with Gasteiger partial charge in [0.15, 0.2) is 0 Å². The normalized spacial score (nSPS) is 49.5. The van der Waals surface area contributed by atoms with E-state index in [-0.39, 0.29) is 42.4 Å². The highest BCUT2D eigenvalue weighted by Crippen LogP contribution is 2.53. The van der Waals surface area contributed by atoms with Gasteiger partial charge in [-0.1, -0.05) is 19.1 Å². The van der Waals surface area contributed by atoms with Crippen LogP contribution in [0.1, 0.15) is 32.6 Å². The summed E-state index contributed by atoms with van der Waals surface area (Å²) in [7, 11) is 0. The van der Waals surface area contributed by atoms with Gasteiger partial charge in [0.25, 0.3) is 0 Å². The molecule has 3 rings (SSSR count). The Hall–Kier alpha value is -0.870. The van der Waals surface area contributed by atoms with E-state index in [1.54, 1.807) is 0 Å². The summed E-state index contributed by atoms with van der Waals surface area (Å²) in [5.74, 6) is -0.102. The molecular weight excluding hydrogens is 244 g/mol. The lowest BCUT2D eigenvalue weighted by Gasteiger charge is -2.35. The first kappa shape index (κ1) is 13.1. The van der Waals surface area contributed by atoms with Crippen LogP contribution in [0.15, 0.2) is 12.2 Å². The molecule has 0 spiro atoms. The first-order valence-electron chi connectivity index (χ1n) is 7.19. The molecule has 2 N–H and O–H groups in total. The Bertz CT molecular complexity index is 418. The van der Waals surface area contributed by atoms with Crippen LogP contribution < -0.4 is 0 Å². The number of fused-ring (bicyclic) bond motifs is 3. The zero-order chi connectivity index (χ0) is 13.8. The van der Waals surface area contributed by atoms with Gasteiger partial charge in [0.05, 0.1) is 18.1 Å². The van der Waals surface area contributed by atoms with Crippen molar-refractivity contribution >= 4 is 5.97 Å². The number of carbonyl (C=O) groups excluding carboxylic acids is 1. The highest BCUT2D eigenvalue weighted by molar-refractivity contribution is 5.75. The van der Waals surface area contributed by atoms with E-state index >= 15 is 0 Å². The topological polar surface area (TPSA) is 66.8 Å². The molecule has 0 radical (unpaired) electrons. The summed E-state index contributed by atoms with van der Waals surface area (Å²) in [6.45, 7) is 5.79. The summed E-state index contributed by atoms with van der Waals surface area (Å²) in [6, 6.07) is 0. The lowest BCUT2D eigenvalue weighted by Crippen LogP contribution is -2.44. The Balaban J connectivity index is 1.99. The number of aliphatic hydroxyl groups excluding tert-OH is 1. The minimum atomic E-state index is -1.04. The van der Waals surface area contributed by atoms with E-state index < -0.39 is 5.60 Å². The van der Waals surface area contributed by atoms with E-state index in [9.17, 15) is 15.0 Å². The highest BCUT2D eigenvalue weighted by atomic mass is 16.6. The van der Waals surface area contributed by atoms with Gasteiger partial charge in [-0.05, 0) is 25.7 Å². The van der Waals surface area contributed by atoms with Gasteiger partial charge in [-0.25, -0.2) is 0 Å². The maximum absolute atomic E-state index is 11.8. The minimum Gasteiger partial charge on any atom is -0.461 e. The smallest absolute Gasteiger partial charge is 0.309 e. The van der Waals surface area contributed by atoms with Gasteiger partial charge < -0.3 is 14.9 Å². The van der Waals surface area contributed by atoms with E-state index in [1.165, 1.54) is 0 Å². The van der Waals surface area contributed by atoms with Crippen molar-refractivity contribution < 1.29 is 19.7 Å². The molecule has 2 saturated carbocycles. The summed E-state index contributed by atoms with van der Waals surface area (Å²) in [5, 5.41) is 20.3. The summed E-state index contributed by atoms with van der Waals surface area (Å²) in [6.07, 6.45) is 2.81. The summed E-state index contributed by atoms with van der Waals surface area (Å²) in [4.78, 5) is 11.8. The van der Waals surface area contributed by atoms with Crippen molar-refractivity contribution in [3.05, 3.63) is 12.2 Å². The molecule has 6 atom stereocenters. The van der Waals surface area contributed by atoms with Gasteiger partial charge in [-0.15, -0.1) is 0 Å². The molecule has 3 aliphatic rings. The lowest BCUT2D eigenvalue weighted by molar-refractivity contribution is -0.147. The van der Waals surface area contributed by atoms with Gasteiger partial charge in [0.1, 0.15) is 6.10 Å². The van der Waals surface area contributed by atoms with Crippen molar-refractivity contribution in [1.82, 2.24) is 0 Å². The Labute approximate surface area is 113 Å². The van der Waals surface area contributed by atoms with Crippen LogP contribution in [0.3, 0.4) is 0 Å². The molecule has 0 aromatic carbocycles. The Morgan fingerprint density at radius 1 is 1.47 bits per heavy atom. The van der Waals surface area contributed by atoms with Crippen molar-refractivity contribution in [2.75, 3.05) is 6.61 Å². The fourth-order valence-electron chi connectivity index (χ4n) is 4.38. The molecule has 1 heterocycles. The number of esters is 1. The molecule has 4 heteroatoms. The predicted octanol–water partition coefficient (Wildman–Crippen LogP) is 1.26. The molecular formula is C15H22O4. The van der Waals surface area contributed by atoms with Crippen LogP contribution in [-0.2, 0) is 9.53 Å². The SMILES string of the molecule is C=C1CC[C@@H]2[C@H]1[C@H]1OC(=O)[C@H](C)[C@@H]1CC[C@]2(O)CO. The van der Waals surface area contributed by atoms with Crippen LogP contribution in [-0.4, -0.2) is 34.5 Å². The molecule has 0 bridgehead atoms. The van der Waals surface area contributed by atoms with Crippen LogP contribution in [0.25, 0.3) is 0 Å². The zero-order valence-electron chi connectivity index (χ0n) is 11.3. The van der Waals surface area contributed by atoms with Crippen LogP contribution in [0.4, 0.5) is 0 Å². The second kappa shape index (κ2) is 4.32. The third-order valence-corrected chi connectivity index (χ3v) is 5.60. The first-order valence-corrected chi connectivity index (χ1v) is 7.19. The van der Waals surface area contributed by atoms with Gasteiger partial charge in [0, 0.05) is 17.8 Å². The van der Waals surface area contributed by atoms with Gasteiger partial charge >= 0.3 is 5.97 Å². The molecule has 0 unspecified atom stereocenters. The van der Waals surface area contributed by atoms with Crippen LogP contribution in [0, 0.1) is 23.7 Å². The quantitative estimate of drug-likeness (QED) is 0.554. The first-order chi connectivity index (χ1) is 8.98. The van der Waals surface area contributed by atoms with Gasteiger partial charge in [-0.3, -0.25) is 4.79 Å². The third kappa shape index (κ3) is 1.77. The number of hydrogen-bond donors (Lipinski definition) is 2. The molecule has 0 aromatic rings. The number of ether oxygens (including phenoxy) is 1. The number of carbonyl (C=O) groups is 1. The molecule has 2 aliphatic carbocycles. The van der Waals surface area contributed by atoms with E-state index in [1.807, 2.05) is 6.92 Å². The number of rotatable bonds is 1. The molecule has 1 saturated heterocycles. The van der Waals surface area contributed by atoms with Crippen molar-refractivity contribution in [2.24, 2.45) is 23.7 Å². The highest BCUT2D eigenvalue weighted by Gasteiger charge is 2.57. The average Bonchev–Trinajstić information content (AvgIpc) is 2.86. The minimum absolute atomic E-state index is 0.0125. The maximum atomic E-state index is 11.8. The number of aliphatic hydroxyl groups is 2. The third-order valence-electron chi connectivity index (χ3n) is 5.60. The maximum Gasteiger partial charge on any atom is 0.309 e. The van der Waals surface area contributed by atoms with Crippen LogP contribution >= 0.6 is 0 Å². The van der Waals surface area contributed by atoms with E-state index in [4.69, 9.17) is 4.74 Å². The summed E-state index contributed by atoms with van der Waals surface area (Å²) >= 11 is 0. The van der Waals surface area contributed by atoms with Crippen LogP contribution in [0.2, 0.25) is 0 Å². The van der Waals surface area contributed by atoms with Gasteiger partial charge in [0.2, 0.25) is 0 Å². The van der Waals surface area contributed by atoms with Crippen molar-refractivity contribution in [3.8, 4) is 0 Å². The van der Waals surface area contributed by atoms with E-state index in [2.05, 4.69) is 6.58 Å². The molecule has 1 aliphatic heterocycles. The molecule has 4 nitrogen and oxygen atoms in total. The largest absolute Gasteiger partial charge is 0.461 e. The Kier molecular flexibility index (Phi) is 2.98. The van der Waals surface area contributed by atoms with E-state index in [0.717, 1.165) is 24.8 Å².